The van der Waals surface area contributed by atoms with Gasteiger partial charge in [-0.05, 0) is 24.0 Å². The minimum Gasteiger partial charge on any atom is -0.392 e. The van der Waals surface area contributed by atoms with E-state index in [0.717, 1.165) is 11.1 Å². The number of aliphatic hydroxyl groups excluding tert-OH is 1. The molecule has 2 amide bonds. The molecule has 0 unspecified atom stereocenters. The fourth-order valence-corrected chi connectivity index (χ4v) is 2.76. The molecule has 0 bridgehead atoms. The molecule has 0 saturated carbocycles. The van der Waals surface area contributed by atoms with Gasteiger partial charge >= 0.3 is 0 Å². The van der Waals surface area contributed by atoms with Crippen LogP contribution < -0.4 is 0 Å². The van der Waals surface area contributed by atoms with E-state index in [1.54, 1.807) is 0 Å². The zero-order chi connectivity index (χ0) is 14.8. The summed E-state index contributed by atoms with van der Waals surface area (Å²) in [4.78, 5) is 26.0. The molecule has 0 atom stereocenters. The van der Waals surface area contributed by atoms with E-state index in [-0.39, 0.29) is 18.4 Å². The van der Waals surface area contributed by atoms with Crippen LogP contribution in [0.1, 0.15) is 44.2 Å². The van der Waals surface area contributed by atoms with E-state index in [0.29, 0.717) is 25.8 Å². The van der Waals surface area contributed by atoms with Crippen LogP contribution in [-0.4, -0.2) is 21.8 Å². The van der Waals surface area contributed by atoms with Crippen molar-refractivity contribution in [1.82, 2.24) is 4.90 Å². The number of amides is 2. The Kier molecular flexibility index (Phi) is 4.23. The van der Waals surface area contributed by atoms with Gasteiger partial charge in [-0.2, -0.15) is 0 Å². The van der Waals surface area contributed by atoms with Crippen molar-refractivity contribution in [2.24, 2.45) is 5.41 Å². The van der Waals surface area contributed by atoms with Crippen molar-refractivity contribution in [3.8, 4) is 0 Å². The zero-order valence-corrected chi connectivity index (χ0v) is 12.1. The first kappa shape index (κ1) is 14.7. The first-order valence-electron chi connectivity index (χ1n) is 7.09. The van der Waals surface area contributed by atoms with Crippen molar-refractivity contribution >= 4 is 11.8 Å². The van der Waals surface area contributed by atoms with Gasteiger partial charge in [0.1, 0.15) is 0 Å². The van der Waals surface area contributed by atoms with Crippen molar-refractivity contribution in [3.05, 3.63) is 35.4 Å². The van der Waals surface area contributed by atoms with Crippen LogP contribution in [-0.2, 0) is 22.7 Å². The molecular weight excluding hydrogens is 254 g/mol. The van der Waals surface area contributed by atoms with Crippen LogP contribution in [0.5, 0.6) is 0 Å². The van der Waals surface area contributed by atoms with Crippen molar-refractivity contribution in [1.29, 1.82) is 0 Å². The van der Waals surface area contributed by atoms with Gasteiger partial charge in [0.25, 0.3) is 0 Å². The molecule has 1 aromatic rings. The van der Waals surface area contributed by atoms with E-state index in [4.69, 9.17) is 5.11 Å². The maximum absolute atomic E-state index is 12.5. The first-order chi connectivity index (χ1) is 9.56. The Hall–Kier alpha value is -1.68. The standard InChI is InChI=1S/C16H21NO3/c1-3-16(4-2)9-14(19)17(15(16)20)10-12-5-7-13(11-18)8-6-12/h5-8,18H,3-4,9-11H2,1-2H3. The van der Waals surface area contributed by atoms with Crippen molar-refractivity contribution in [3.63, 3.8) is 0 Å². The first-order valence-corrected chi connectivity index (χ1v) is 7.09. The number of imide groups is 1. The highest BCUT2D eigenvalue weighted by Gasteiger charge is 2.48. The van der Waals surface area contributed by atoms with E-state index in [9.17, 15) is 9.59 Å². The third-order valence-electron chi connectivity index (χ3n) is 4.39. The maximum Gasteiger partial charge on any atom is 0.236 e. The lowest BCUT2D eigenvalue weighted by atomic mass is 9.81. The van der Waals surface area contributed by atoms with E-state index >= 15 is 0 Å². The summed E-state index contributed by atoms with van der Waals surface area (Å²) in [5.41, 5.74) is 1.23. The molecule has 1 N–H and O–H groups in total. The summed E-state index contributed by atoms with van der Waals surface area (Å²) in [6.45, 7) is 4.25. The molecule has 2 rings (SSSR count). The van der Waals surface area contributed by atoms with E-state index in [2.05, 4.69) is 0 Å². The van der Waals surface area contributed by atoms with Crippen LogP contribution >= 0.6 is 0 Å². The van der Waals surface area contributed by atoms with Crippen molar-refractivity contribution in [2.45, 2.75) is 46.3 Å². The number of hydrogen-bond acceptors (Lipinski definition) is 3. The Morgan fingerprint density at radius 2 is 1.65 bits per heavy atom. The van der Waals surface area contributed by atoms with E-state index in [1.165, 1.54) is 4.90 Å². The van der Waals surface area contributed by atoms with E-state index < -0.39 is 5.41 Å². The number of nitrogens with zero attached hydrogens (tertiary/aromatic N) is 1. The molecule has 0 spiro atoms. The second-order valence-corrected chi connectivity index (χ2v) is 5.42. The summed E-state index contributed by atoms with van der Waals surface area (Å²) in [6.07, 6.45) is 1.73. The van der Waals surface area contributed by atoms with Crippen molar-refractivity contribution in [2.75, 3.05) is 0 Å². The lowest BCUT2D eigenvalue weighted by Gasteiger charge is -2.23. The predicted molar refractivity (Wildman–Crippen MR) is 75.6 cm³/mol. The molecule has 1 fully saturated rings. The molecule has 0 radical (unpaired) electrons. The van der Waals surface area contributed by atoms with Crippen LogP contribution in [0.3, 0.4) is 0 Å². The second-order valence-electron chi connectivity index (χ2n) is 5.42. The van der Waals surface area contributed by atoms with Crippen LogP contribution in [0.25, 0.3) is 0 Å². The van der Waals surface area contributed by atoms with Crippen LogP contribution in [0.15, 0.2) is 24.3 Å². The van der Waals surface area contributed by atoms with Gasteiger partial charge in [0, 0.05) is 6.42 Å². The molecule has 1 aromatic carbocycles. The van der Waals surface area contributed by atoms with Crippen molar-refractivity contribution < 1.29 is 14.7 Å². The van der Waals surface area contributed by atoms with Gasteiger partial charge < -0.3 is 5.11 Å². The van der Waals surface area contributed by atoms with Crippen LogP contribution in [0.4, 0.5) is 0 Å². The van der Waals surface area contributed by atoms with Crippen LogP contribution in [0, 0.1) is 5.41 Å². The Labute approximate surface area is 119 Å². The zero-order valence-electron chi connectivity index (χ0n) is 12.1. The fraction of sp³-hybridized carbons (Fsp3) is 0.500. The Bertz CT molecular complexity index is 503. The minimum atomic E-state index is -0.498. The summed E-state index contributed by atoms with van der Waals surface area (Å²) < 4.78 is 0. The second kappa shape index (κ2) is 5.75. The third-order valence-corrected chi connectivity index (χ3v) is 4.39. The van der Waals surface area contributed by atoms with Gasteiger partial charge in [0.05, 0.1) is 18.6 Å². The Balaban J connectivity index is 2.16. The number of hydrogen-bond donors (Lipinski definition) is 1. The van der Waals surface area contributed by atoms with E-state index in [1.807, 2.05) is 38.1 Å². The van der Waals surface area contributed by atoms with Gasteiger partial charge in [0.15, 0.2) is 0 Å². The van der Waals surface area contributed by atoms with Gasteiger partial charge in [-0.1, -0.05) is 38.1 Å². The largest absolute Gasteiger partial charge is 0.392 e. The topological polar surface area (TPSA) is 57.6 Å². The third kappa shape index (κ3) is 2.48. The fourth-order valence-electron chi connectivity index (χ4n) is 2.76. The molecular formula is C16H21NO3. The molecule has 1 aliphatic rings. The maximum atomic E-state index is 12.5. The molecule has 4 nitrogen and oxygen atoms in total. The summed E-state index contributed by atoms with van der Waals surface area (Å²) in [7, 11) is 0. The predicted octanol–water partition coefficient (Wildman–Crippen LogP) is 2.24. The summed E-state index contributed by atoms with van der Waals surface area (Å²) in [5.74, 6) is -0.122. The smallest absolute Gasteiger partial charge is 0.236 e. The number of carbonyl (C=O) groups excluding carboxylic acids is 2. The van der Waals surface area contributed by atoms with Gasteiger partial charge in [-0.3, -0.25) is 14.5 Å². The number of aliphatic hydroxyl groups is 1. The Morgan fingerprint density at radius 1 is 1.10 bits per heavy atom. The van der Waals surface area contributed by atoms with Gasteiger partial charge in [-0.15, -0.1) is 0 Å². The molecule has 1 saturated heterocycles. The highest BCUT2D eigenvalue weighted by atomic mass is 16.3. The summed E-state index contributed by atoms with van der Waals surface area (Å²) >= 11 is 0. The number of likely N-dealkylation sites (tertiary alicyclic amines) is 1. The lowest BCUT2D eigenvalue weighted by Crippen LogP contribution is -2.34. The summed E-state index contributed by atoms with van der Waals surface area (Å²) in [5, 5.41) is 9.01. The van der Waals surface area contributed by atoms with Gasteiger partial charge in [0.2, 0.25) is 11.8 Å². The number of benzene rings is 1. The van der Waals surface area contributed by atoms with Gasteiger partial charge in [-0.25, -0.2) is 0 Å². The minimum absolute atomic E-state index is 0.00334. The molecule has 1 aliphatic heterocycles. The molecule has 4 heteroatoms. The number of rotatable bonds is 5. The average molecular weight is 275 g/mol. The molecule has 20 heavy (non-hydrogen) atoms. The molecule has 1 heterocycles. The highest BCUT2D eigenvalue weighted by molar-refractivity contribution is 6.05. The summed E-state index contributed by atoms with van der Waals surface area (Å²) in [6, 6.07) is 7.33. The van der Waals surface area contributed by atoms with Crippen LogP contribution in [0.2, 0.25) is 0 Å². The quantitative estimate of drug-likeness (QED) is 0.838. The monoisotopic (exact) mass is 275 g/mol. The average Bonchev–Trinajstić information content (AvgIpc) is 2.72. The molecule has 108 valence electrons. The SMILES string of the molecule is CCC1(CC)CC(=O)N(Cc2ccc(CO)cc2)C1=O. The molecule has 0 aliphatic carbocycles. The molecule has 0 aromatic heterocycles. The highest BCUT2D eigenvalue weighted by Crippen LogP contribution is 2.39. The lowest BCUT2D eigenvalue weighted by molar-refractivity contribution is -0.142. The number of carbonyl (C=O) groups is 2. The normalized spacial score (nSPS) is 17.9. The Morgan fingerprint density at radius 3 is 2.10 bits per heavy atom.